The summed E-state index contributed by atoms with van der Waals surface area (Å²) < 4.78 is 5.66. The highest BCUT2D eigenvalue weighted by Gasteiger charge is 2.09. The van der Waals surface area contributed by atoms with Crippen LogP contribution in [0.2, 0.25) is 5.02 Å². The van der Waals surface area contributed by atoms with Crippen LogP contribution in [0.15, 0.2) is 65.2 Å². The van der Waals surface area contributed by atoms with Crippen molar-refractivity contribution in [1.82, 2.24) is 10.5 Å². The molecule has 0 bridgehead atoms. The third-order valence-corrected chi connectivity index (χ3v) is 3.77. The van der Waals surface area contributed by atoms with Crippen LogP contribution in [0.3, 0.4) is 0 Å². The second-order valence-electron chi connectivity index (χ2n) is 5.42. The van der Waals surface area contributed by atoms with E-state index in [-0.39, 0.29) is 12.3 Å². The summed E-state index contributed by atoms with van der Waals surface area (Å²) in [6, 6.07) is 16.9. The predicted octanol–water partition coefficient (Wildman–Crippen LogP) is 4.18. The summed E-state index contributed by atoms with van der Waals surface area (Å²) in [7, 11) is 0. The summed E-state index contributed by atoms with van der Waals surface area (Å²) in [5.74, 6) is 0.928. The van der Waals surface area contributed by atoms with Crippen LogP contribution in [0.1, 0.15) is 17.9 Å². The lowest BCUT2D eigenvalue weighted by molar-refractivity contribution is -0.134. The zero-order valence-corrected chi connectivity index (χ0v) is 14.2. The number of aromatic nitrogens is 1. The SMILES string of the molecule is O=C(CCc1ncc(-c2ccc(Cl)cc2)o1)NOCc1ccccc1. The molecule has 1 amide bonds. The van der Waals surface area contributed by atoms with Crippen LogP contribution < -0.4 is 5.48 Å². The number of hydrogen-bond donors (Lipinski definition) is 1. The summed E-state index contributed by atoms with van der Waals surface area (Å²) in [6.45, 7) is 0.326. The molecule has 2 aromatic carbocycles. The number of benzene rings is 2. The predicted molar refractivity (Wildman–Crippen MR) is 94.6 cm³/mol. The second-order valence-corrected chi connectivity index (χ2v) is 5.86. The van der Waals surface area contributed by atoms with Crippen LogP contribution in [-0.4, -0.2) is 10.9 Å². The average molecular weight is 357 g/mol. The van der Waals surface area contributed by atoms with Gasteiger partial charge in [-0.25, -0.2) is 10.5 Å². The van der Waals surface area contributed by atoms with Gasteiger partial charge in [-0.15, -0.1) is 0 Å². The Morgan fingerprint density at radius 1 is 1.12 bits per heavy atom. The molecule has 1 heterocycles. The van der Waals surface area contributed by atoms with E-state index >= 15 is 0 Å². The molecule has 25 heavy (non-hydrogen) atoms. The minimum atomic E-state index is -0.220. The smallest absolute Gasteiger partial charge is 0.244 e. The number of oxazole rings is 1. The normalized spacial score (nSPS) is 10.6. The molecule has 0 aliphatic carbocycles. The number of aryl methyl sites for hydroxylation is 1. The number of hydrogen-bond acceptors (Lipinski definition) is 4. The van der Waals surface area contributed by atoms with E-state index in [0.717, 1.165) is 11.1 Å². The molecule has 0 aliphatic heterocycles. The molecule has 0 aliphatic rings. The zero-order chi connectivity index (χ0) is 17.5. The van der Waals surface area contributed by atoms with Crippen LogP contribution >= 0.6 is 11.6 Å². The van der Waals surface area contributed by atoms with Gasteiger partial charge < -0.3 is 4.42 Å². The van der Waals surface area contributed by atoms with Gasteiger partial charge in [-0.2, -0.15) is 0 Å². The largest absolute Gasteiger partial charge is 0.441 e. The highest BCUT2D eigenvalue weighted by atomic mass is 35.5. The minimum Gasteiger partial charge on any atom is -0.441 e. The fraction of sp³-hybridized carbons (Fsp3) is 0.158. The summed E-state index contributed by atoms with van der Waals surface area (Å²) >= 11 is 5.87. The van der Waals surface area contributed by atoms with Crippen LogP contribution in [0.5, 0.6) is 0 Å². The van der Waals surface area contributed by atoms with Crippen molar-refractivity contribution in [1.29, 1.82) is 0 Å². The second kappa shape index (κ2) is 8.46. The highest BCUT2D eigenvalue weighted by Crippen LogP contribution is 2.22. The fourth-order valence-corrected chi connectivity index (χ4v) is 2.35. The number of amides is 1. The summed E-state index contributed by atoms with van der Waals surface area (Å²) in [4.78, 5) is 21.2. The Morgan fingerprint density at radius 2 is 1.88 bits per heavy atom. The summed E-state index contributed by atoms with van der Waals surface area (Å²) in [5, 5.41) is 0.663. The average Bonchev–Trinajstić information content (AvgIpc) is 3.10. The van der Waals surface area contributed by atoms with E-state index in [0.29, 0.717) is 29.7 Å². The first-order chi connectivity index (χ1) is 12.2. The lowest BCUT2D eigenvalue weighted by atomic mass is 10.2. The molecule has 1 N–H and O–H groups in total. The van der Waals surface area contributed by atoms with Gasteiger partial charge in [-0.3, -0.25) is 9.63 Å². The molecule has 3 aromatic rings. The molecule has 0 radical (unpaired) electrons. The quantitative estimate of drug-likeness (QED) is 0.645. The first kappa shape index (κ1) is 17.2. The van der Waals surface area contributed by atoms with Gasteiger partial charge in [0.05, 0.1) is 12.8 Å². The topological polar surface area (TPSA) is 64.4 Å². The Bertz CT molecular complexity index is 816. The number of carbonyl (C=O) groups is 1. The van der Waals surface area contributed by atoms with Gasteiger partial charge in [0, 0.05) is 23.4 Å². The van der Waals surface area contributed by atoms with E-state index in [1.165, 1.54) is 0 Å². The van der Waals surface area contributed by atoms with E-state index in [2.05, 4.69) is 10.5 Å². The van der Waals surface area contributed by atoms with Crippen molar-refractivity contribution in [2.75, 3.05) is 0 Å². The molecule has 6 heteroatoms. The number of halogens is 1. The zero-order valence-electron chi connectivity index (χ0n) is 13.4. The Labute approximate surface area is 150 Å². The molecule has 128 valence electrons. The van der Waals surface area contributed by atoms with Gasteiger partial charge in [0.1, 0.15) is 0 Å². The maximum absolute atomic E-state index is 11.8. The molecule has 5 nitrogen and oxygen atoms in total. The number of nitrogens with zero attached hydrogens (tertiary/aromatic N) is 1. The van der Waals surface area contributed by atoms with E-state index in [9.17, 15) is 4.79 Å². The molecule has 0 spiro atoms. The van der Waals surface area contributed by atoms with Gasteiger partial charge in [0.15, 0.2) is 11.7 Å². The first-order valence-electron chi connectivity index (χ1n) is 7.86. The van der Waals surface area contributed by atoms with E-state index < -0.39 is 0 Å². The monoisotopic (exact) mass is 356 g/mol. The van der Waals surface area contributed by atoms with E-state index in [4.69, 9.17) is 20.9 Å². The van der Waals surface area contributed by atoms with Crippen LogP contribution in [-0.2, 0) is 22.7 Å². The molecule has 0 unspecified atom stereocenters. The molecular weight excluding hydrogens is 340 g/mol. The van der Waals surface area contributed by atoms with Crippen molar-refractivity contribution in [3.8, 4) is 11.3 Å². The third kappa shape index (κ3) is 5.17. The molecular formula is C19H17ClN2O3. The van der Waals surface area contributed by atoms with Gasteiger partial charge in [-0.05, 0) is 29.8 Å². The number of carbonyl (C=O) groups excluding carboxylic acids is 1. The van der Waals surface area contributed by atoms with Crippen molar-refractivity contribution in [2.24, 2.45) is 0 Å². The maximum Gasteiger partial charge on any atom is 0.244 e. The van der Waals surface area contributed by atoms with Gasteiger partial charge in [0.2, 0.25) is 5.91 Å². The third-order valence-electron chi connectivity index (χ3n) is 3.52. The molecule has 1 aromatic heterocycles. The van der Waals surface area contributed by atoms with Gasteiger partial charge in [0.25, 0.3) is 0 Å². The lowest BCUT2D eigenvalue weighted by Crippen LogP contribution is -2.23. The number of nitrogens with one attached hydrogen (secondary N) is 1. The van der Waals surface area contributed by atoms with Crippen molar-refractivity contribution < 1.29 is 14.0 Å². The molecule has 3 rings (SSSR count). The minimum absolute atomic E-state index is 0.220. The Balaban J connectivity index is 1.44. The Morgan fingerprint density at radius 3 is 2.64 bits per heavy atom. The highest BCUT2D eigenvalue weighted by molar-refractivity contribution is 6.30. The van der Waals surface area contributed by atoms with Crippen molar-refractivity contribution in [3.63, 3.8) is 0 Å². The molecule has 0 saturated heterocycles. The van der Waals surface area contributed by atoms with E-state index in [1.807, 2.05) is 42.5 Å². The molecule has 0 fully saturated rings. The van der Waals surface area contributed by atoms with Crippen LogP contribution in [0.25, 0.3) is 11.3 Å². The Kier molecular flexibility index (Phi) is 5.82. The standard InChI is InChI=1S/C19H17ClN2O3/c20-16-8-6-15(7-9-16)17-12-21-19(25-17)11-10-18(23)22-24-13-14-4-2-1-3-5-14/h1-9,12H,10-11,13H2,(H,22,23). The van der Waals surface area contributed by atoms with Crippen molar-refractivity contribution in [2.45, 2.75) is 19.4 Å². The Hall–Kier alpha value is -2.63. The van der Waals surface area contributed by atoms with Crippen LogP contribution in [0, 0.1) is 0 Å². The first-order valence-corrected chi connectivity index (χ1v) is 8.24. The molecule has 0 atom stereocenters. The van der Waals surface area contributed by atoms with E-state index in [1.54, 1.807) is 18.3 Å². The summed E-state index contributed by atoms with van der Waals surface area (Å²) in [6.07, 6.45) is 2.27. The van der Waals surface area contributed by atoms with Gasteiger partial charge >= 0.3 is 0 Å². The van der Waals surface area contributed by atoms with Crippen molar-refractivity contribution in [3.05, 3.63) is 77.3 Å². The fourth-order valence-electron chi connectivity index (χ4n) is 2.22. The van der Waals surface area contributed by atoms with Crippen LogP contribution in [0.4, 0.5) is 0 Å². The lowest BCUT2D eigenvalue weighted by Gasteiger charge is -2.05. The number of hydroxylamine groups is 1. The van der Waals surface area contributed by atoms with Crippen molar-refractivity contribution >= 4 is 17.5 Å². The maximum atomic E-state index is 11.8. The molecule has 0 saturated carbocycles. The summed E-state index contributed by atoms with van der Waals surface area (Å²) in [5.41, 5.74) is 4.30. The van der Waals surface area contributed by atoms with Gasteiger partial charge in [-0.1, -0.05) is 41.9 Å². The number of rotatable bonds is 7.